The highest BCUT2D eigenvalue weighted by molar-refractivity contribution is 6.22. The van der Waals surface area contributed by atoms with Crippen molar-refractivity contribution in [3.8, 4) is 0 Å². The number of fused-ring (bicyclic) bond motifs is 11. The van der Waals surface area contributed by atoms with Gasteiger partial charge in [-0.2, -0.15) is 0 Å². The maximum atomic E-state index is 6.78. The van der Waals surface area contributed by atoms with E-state index in [0.717, 1.165) is 55.3 Å². The van der Waals surface area contributed by atoms with Crippen LogP contribution in [0.1, 0.15) is 49.9 Å². The molecule has 0 unspecified atom stereocenters. The number of para-hydroxylation sites is 4. The third kappa shape index (κ3) is 3.81. The molecule has 2 aliphatic heterocycles. The number of nitrogens with zero attached hydrogens (tertiary/aromatic N) is 2. The zero-order valence-electron chi connectivity index (χ0n) is 29.6. The number of benzene rings is 7. The molecule has 0 radical (unpaired) electrons. The van der Waals surface area contributed by atoms with Gasteiger partial charge in [-0.15, -0.1) is 0 Å². The summed E-state index contributed by atoms with van der Waals surface area (Å²) in [6.45, 7) is 9.29. The molecular formula is C48H36N2O2. The van der Waals surface area contributed by atoms with Crippen LogP contribution < -0.4 is 9.80 Å². The van der Waals surface area contributed by atoms with Gasteiger partial charge >= 0.3 is 0 Å². The monoisotopic (exact) mass is 672 g/mol. The van der Waals surface area contributed by atoms with Crippen molar-refractivity contribution >= 4 is 78.0 Å². The van der Waals surface area contributed by atoms with Crippen LogP contribution in [-0.2, 0) is 10.8 Å². The molecule has 4 heterocycles. The highest BCUT2D eigenvalue weighted by Crippen LogP contribution is 2.54. The first-order valence-electron chi connectivity index (χ1n) is 18.1. The van der Waals surface area contributed by atoms with E-state index in [-0.39, 0.29) is 10.8 Å². The summed E-state index contributed by atoms with van der Waals surface area (Å²) >= 11 is 0. The van der Waals surface area contributed by atoms with Crippen molar-refractivity contribution in [2.75, 3.05) is 9.80 Å². The number of anilines is 6. The summed E-state index contributed by atoms with van der Waals surface area (Å²) in [7, 11) is 0. The summed E-state index contributed by atoms with van der Waals surface area (Å²) in [4.78, 5) is 4.80. The Balaban J connectivity index is 1.11. The van der Waals surface area contributed by atoms with E-state index in [1.165, 1.54) is 45.0 Å². The van der Waals surface area contributed by atoms with E-state index < -0.39 is 0 Å². The topological polar surface area (TPSA) is 32.8 Å². The fraction of sp³-hybridized carbons (Fsp3) is 0.125. The minimum atomic E-state index is -0.121. The quantitative estimate of drug-likeness (QED) is 0.183. The lowest BCUT2D eigenvalue weighted by atomic mass is 9.73. The molecule has 0 aliphatic carbocycles. The van der Waals surface area contributed by atoms with Crippen LogP contribution in [0.5, 0.6) is 0 Å². The third-order valence-corrected chi connectivity index (χ3v) is 11.8. The van der Waals surface area contributed by atoms with E-state index in [1.54, 1.807) is 0 Å². The summed E-state index contributed by atoms with van der Waals surface area (Å²) in [5, 5.41) is 4.20. The molecule has 0 N–H and O–H groups in total. The van der Waals surface area contributed by atoms with Crippen molar-refractivity contribution < 1.29 is 8.83 Å². The highest BCUT2D eigenvalue weighted by Gasteiger charge is 2.38. The van der Waals surface area contributed by atoms with Gasteiger partial charge in [0.2, 0.25) is 0 Å². The zero-order valence-corrected chi connectivity index (χ0v) is 29.6. The molecule has 0 amide bonds. The molecule has 2 aliphatic rings. The number of furan rings is 2. The van der Waals surface area contributed by atoms with Crippen molar-refractivity contribution in [1.82, 2.24) is 0 Å². The van der Waals surface area contributed by atoms with E-state index in [0.29, 0.717) is 0 Å². The van der Waals surface area contributed by atoms with E-state index in [2.05, 4.69) is 183 Å². The average molecular weight is 673 g/mol. The van der Waals surface area contributed by atoms with Crippen LogP contribution >= 0.6 is 0 Å². The van der Waals surface area contributed by atoms with Gasteiger partial charge in [-0.25, -0.2) is 0 Å². The summed E-state index contributed by atoms with van der Waals surface area (Å²) in [5.41, 5.74) is 15.4. The van der Waals surface area contributed by atoms with Crippen molar-refractivity contribution in [3.63, 3.8) is 0 Å². The first kappa shape index (κ1) is 29.5. The lowest BCUT2D eigenvalue weighted by molar-refractivity contribution is 0.631. The number of rotatable bonds is 2. The molecule has 4 nitrogen and oxygen atoms in total. The molecule has 0 saturated heterocycles. The second kappa shape index (κ2) is 10.2. The van der Waals surface area contributed by atoms with Gasteiger partial charge in [-0.05, 0) is 95.1 Å². The smallest absolute Gasteiger partial charge is 0.147 e. The minimum absolute atomic E-state index is 0.114. The van der Waals surface area contributed by atoms with Crippen LogP contribution in [0.3, 0.4) is 0 Å². The second-order valence-electron chi connectivity index (χ2n) is 15.4. The van der Waals surface area contributed by atoms with Crippen molar-refractivity contribution in [2.45, 2.75) is 38.5 Å². The Morgan fingerprint density at radius 1 is 0.385 bits per heavy atom. The minimum Gasteiger partial charge on any atom is -0.456 e. The molecule has 250 valence electrons. The molecule has 0 fully saturated rings. The fourth-order valence-electron chi connectivity index (χ4n) is 9.24. The first-order valence-corrected chi connectivity index (χ1v) is 18.1. The molecule has 52 heavy (non-hydrogen) atoms. The highest BCUT2D eigenvalue weighted by atomic mass is 16.3. The third-order valence-electron chi connectivity index (χ3n) is 11.8. The van der Waals surface area contributed by atoms with E-state index in [1.807, 2.05) is 0 Å². The standard InChI is InChI=1S/C48H36N2O2/c1-47(2)34-13-5-9-17-38(34)49(39-18-10-6-14-35(39)47)29-21-24-42-32(27-29)31-23-26-44-45(46(31)52-42)33-28-30(22-25-43(33)51-44)50-40-19-11-7-15-36(40)48(3,4)37-16-8-12-20-41(37)50/h5-28H,1-4H3. The van der Waals surface area contributed by atoms with Gasteiger partial charge in [-0.1, -0.05) is 100 Å². The summed E-state index contributed by atoms with van der Waals surface area (Å²) in [6.07, 6.45) is 0. The normalized spacial score (nSPS) is 15.5. The second-order valence-corrected chi connectivity index (χ2v) is 15.4. The van der Waals surface area contributed by atoms with E-state index in [9.17, 15) is 0 Å². The van der Waals surface area contributed by atoms with Crippen LogP contribution in [0.4, 0.5) is 34.1 Å². The van der Waals surface area contributed by atoms with E-state index >= 15 is 0 Å². The molecule has 9 aromatic rings. The number of hydrogen-bond acceptors (Lipinski definition) is 4. The van der Waals surface area contributed by atoms with Crippen LogP contribution in [0.2, 0.25) is 0 Å². The maximum absolute atomic E-state index is 6.78. The Morgan fingerprint density at radius 3 is 1.27 bits per heavy atom. The van der Waals surface area contributed by atoms with Crippen LogP contribution in [-0.4, -0.2) is 0 Å². The maximum Gasteiger partial charge on any atom is 0.147 e. The van der Waals surface area contributed by atoms with Gasteiger partial charge in [0.25, 0.3) is 0 Å². The Labute approximate surface area is 302 Å². The Bertz CT molecular complexity index is 2840. The van der Waals surface area contributed by atoms with Gasteiger partial charge in [0.15, 0.2) is 0 Å². The molecule has 0 spiro atoms. The van der Waals surface area contributed by atoms with Crippen LogP contribution in [0, 0.1) is 0 Å². The first-order chi connectivity index (χ1) is 25.3. The van der Waals surface area contributed by atoms with E-state index in [4.69, 9.17) is 8.83 Å². The Hall–Kier alpha value is -6.26. The van der Waals surface area contributed by atoms with Crippen molar-refractivity contribution in [3.05, 3.63) is 168 Å². The lowest BCUT2D eigenvalue weighted by Crippen LogP contribution is -2.30. The molecule has 2 aromatic heterocycles. The van der Waals surface area contributed by atoms with Gasteiger partial charge in [0, 0.05) is 38.4 Å². The zero-order chi connectivity index (χ0) is 34.9. The van der Waals surface area contributed by atoms with Crippen molar-refractivity contribution in [2.24, 2.45) is 0 Å². The SMILES string of the molecule is CC1(C)c2ccccc2N(c2ccc3oc4c(ccc5oc6ccc(N7c8ccccc8C(C)(C)c8ccccc87)cc6c54)c3c2)c2ccccc21. The summed E-state index contributed by atoms with van der Waals surface area (Å²) in [6, 6.07) is 52.5. The van der Waals surface area contributed by atoms with Crippen molar-refractivity contribution in [1.29, 1.82) is 0 Å². The molecule has 0 atom stereocenters. The molecule has 11 rings (SSSR count). The largest absolute Gasteiger partial charge is 0.456 e. The molecular weight excluding hydrogens is 637 g/mol. The molecule has 0 bridgehead atoms. The lowest BCUT2D eigenvalue weighted by Gasteiger charge is -2.42. The van der Waals surface area contributed by atoms with Gasteiger partial charge in [0.05, 0.1) is 28.1 Å². The van der Waals surface area contributed by atoms with Gasteiger partial charge < -0.3 is 18.6 Å². The Morgan fingerprint density at radius 2 is 0.788 bits per heavy atom. The predicted octanol–water partition coefficient (Wildman–Crippen LogP) is 13.7. The Kier molecular flexibility index (Phi) is 5.76. The number of hydrogen-bond donors (Lipinski definition) is 0. The van der Waals surface area contributed by atoms with Gasteiger partial charge in [-0.3, -0.25) is 0 Å². The van der Waals surface area contributed by atoms with Gasteiger partial charge in [0.1, 0.15) is 22.3 Å². The predicted molar refractivity (Wildman–Crippen MR) is 215 cm³/mol. The average Bonchev–Trinajstić information content (AvgIpc) is 3.73. The molecule has 7 aromatic carbocycles. The summed E-state index contributed by atoms with van der Waals surface area (Å²) in [5.74, 6) is 0. The summed E-state index contributed by atoms with van der Waals surface area (Å²) < 4.78 is 13.3. The van der Waals surface area contributed by atoms with Crippen LogP contribution in [0.15, 0.2) is 154 Å². The molecule has 0 saturated carbocycles. The van der Waals surface area contributed by atoms with Crippen LogP contribution in [0.25, 0.3) is 43.9 Å². The molecule has 4 heteroatoms. The fourth-order valence-corrected chi connectivity index (χ4v) is 9.24.